The van der Waals surface area contributed by atoms with E-state index < -0.39 is 0 Å². The molecule has 0 aromatic carbocycles. The summed E-state index contributed by atoms with van der Waals surface area (Å²) in [6, 6.07) is 0. The lowest BCUT2D eigenvalue weighted by Gasteiger charge is -2.15. The summed E-state index contributed by atoms with van der Waals surface area (Å²) < 4.78 is 0. The van der Waals surface area contributed by atoms with Crippen LogP contribution in [0.15, 0.2) is 5.11 Å². The predicted octanol–water partition coefficient (Wildman–Crippen LogP) is 1.95. The van der Waals surface area contributed by atoms with Gasteiger partial charge < -0.3 is 4.90 Å². The van der Waals surface area contributed by atoms with Crippen molar-refractivity contribution in [2.45, 2.75) is 26.2 Å². The largest absolute Gasteiger partial charge is 0.342 e. The van der Waals surface area contributed by atoms with Gasteiger partial charge in [-0.3, -0.25) is 4.79 Å². The van der Waals surface area contributed by atoms with E-state index in [9.17, 15) is 4.79 Å². The minimum atomic E-state index is 0.248. The lowest BCUT2D eigenvalue weighted by Crippen LogP contribution is -2.26. The Hall–Kier alpha value is -1.22. The molecule has 1 amide bonds. The zero-order valence-corrected chi connectivity index (χ0v) is 8.52. The molecule has 0 aromatic heterocycles. The SMILES string of the molecule is CCC1CC(=O)N(CCCN=[N+]=[N-])C1. The maximum atomic E-state index is 11.4. The lowest BCUT2D eigenvalue weighted by molar-refractivity contribution is -0.127. The summed E-state index contributed by atoms with van der Waals surface area (Å²) in [5.74, 6) is 0.778. The zero-order chi connectivity index (χ0) is 10.4. The molecule has 0 spiro atoms. The highest BCUT2D eigenvalue weighted by molar-refractivity contribution is 5.78. The van der Waals surface area contributed by atoms with Crippen LogP contribution in [0.1, 0.15) is 26.2 Å². The Morgan fingerprint density at radius 2 is 2.50 bits per heavy atom. The number of hydrogen-bond donors (Lipinski definition) is 0. The molecule has 0 aliphatic carbocycles. The number of carbonyl (C=O) groups excluding carboxylic acids is 1. The molecule has 1 saturated heterocycles. The summed E-state index contributed by atoms with van der Waals surface area (Å²) in [4.78, 5) is 16.0. The van der Waals surface area contributed by atoms with E-state index in [0.29, 0.717) is 18.9 Å². The topological polar surface area (TPSA) is 69.1 Å². The number of nitrogens with zero attached hydrogens (tertiary/aromatic N) is 4. The molecule has 1 heterocycles. The van der Waals surface area contributed by atoms with E-state index in [1.165, 1.54) is 0 Å². The molecule has 78 valence electrons. The van der Waals surface area contributed by atoms with E-state index in [4.69, 9.17) is 5.53 Å². The smallest absolute Gasteiger partial charge is 0.222 e. The summed E-state index contributed by atoms with van der Waals surface area (Å²) in [5, 5.41) is 3.44. The molecule has 1 atom stereocenters. The maximum absolute atomic E-state index is 11.4. The van der Waals surface area contributed by atoms with Crippen LogP contribution in [0.5, 0.6) is 0 Å². The molecule has 1 rings (SSSR count). The quantitative estimate of drug-likeness (QED) is 0.287. The van der Waals surface area contributed by atoms with Gasteiger partial charge in [0, 0.05) is 31.0 Å². The molecule has 0 aromatic rings. The molecule has 0 saturated carbocycles. The van der Waals surface area contributed by atoms with E-state index in [-0.39, 0.29) is 5.91 Å². The van der Waals surface area contributed by atoms with Crippen LogP contribution in [0.4, 0.5) is 0 Å². The molecule has 0 bridgehead atoms. The van der Waals surface area contributed by atoms with Crippen molar-refractivity contribution in [3.63, 3.8) is 0 Å². The zero-order valence-electron chi connectivity index (χ0n) is 8.52. The third-order valence-corrected chi connectivity index (χ3v) is 2.62. The maximum Gasteiger partial charge on any atom is 0.222 e. The van der Waals surface area contributed by atoms with Crippen molar-refractivity contribution in [3.8, 4) is 0 Å². The number of carbonyl (C=O) groups is 1. The third kappa shape index (κ3) is 2.92. The van der Waals surface area contributed by atoms with E-state index in [1.807, 2.05) is 4.90 Å². The number of rotatable bonds is 5. The first-order valence-corrected chi connectivity index (χ1v) is 5.06. The summed E-state index contributed by atoms with van der Waals surface area (Å²) >= 11 is 0. The molecule has 0 N–H and O–H groups in total. The van der Waals surface area contributed by atoms with E-state index >= 15 is 0 Å². The Balaban J connectivity index is 2.24. The summed E-state index contributed by atoms with van der Waals surface area (Å²) in [6.07, 6.45) is 2.53. The Labute approximate surface area is 83.7 Å². The summed E-state index contributed by atoms with van der Waals surface area (Å²) in [7, 11) is 0. The van der Waals surface area contributed by atoms with Gasteiger partial charge in [0.05, 0.1) is 0 Å². The van der Waals surface area contributed by atoms with Crippen LogP contribution in [-0.2, 0) is 4.79 Å². The second-order valence-electron chi connectivity index (χ2n) is 3.63. The monoisotopic (exact) mass is 196 g/mol. The van der Waals surface area contributed by atoms with Gasteiger partial charge in [-0.15, -0.1) is 0 Å². The fourth-order valence-electron chi connectivity index (χ4n) is 1.72. The fraction of sp³-hybridized carbons (Fsp3) is 0.889. The fourth-order valence-corrected chi connectivity index (χ4v) is 1.72. The van der Waals surface area contributed by atoms with Crippen molar-refractivity contribution in [1.29, 1.82) is 0 Å². The van der Waals surface area contributed by atoms with E-state index in [0.717, 1.165) is 25.9 Å². The van der Waals surface area contributed by atoms with Gasteiger partial charge in [0.15, 0.2) is 0 Å². The van der Waals surface area contributed by atoms with Crippen molar-refractivity contribution >= 4 is 5.91 Å². The standard InChI is InChI=1S/C9H16N4O/c1-2-8-6-9(14)13(7-8)5-3-4-11-12-10/h8H,2-7H2,1H3. The molecule has 14 heavy (non-hydrogen) atoms. The van der Waals surface area contributed by atoms with Crippen LogP contribution >= 0.6 is 0 Å². The van der Waals surface area contributed by atoms with Crippen LogP contribution in [0.25, 0.3) is 10.4 Å². The van der Waals surface area contributed by atoms with Crippen LogP contribution in [-0.4, -0.2) is 30.4 Å². The normalized spacial score (nSPS) is 21.1. The molecule has 1 aliphatic rings. The second kappa shape index (κ2) is 5.50. The number of likely N-dealkylation sites (tertiary alicyclic amines) is 1. The molecule has 1 aliphatic heterocycles. The highest BCUT2D eigenvalue weighted by Gasteiger charge is 2.27. The van der Waals surface area contributed by atoms with Crippen molar-refractivity contribution in [2.24, 2.45) is 11.0 Å². The minimum Gasteiger partial charge on any atom is -0.342 e. The molecular formula is C9H16N4O. The summed E-state index contributed by atoms with van der Waals surface area (Å²) in [5.41, 5.74) is 8.07. The average Bonchev–Trinajstić information content (AvgIpc) is 2.54. The van der Waals surface area contributed by atoms with Crippen molar-refractivity contribution in [1.82, 2.24) is 4.90 Å². The van der Waals surface area contributed by atoms with Gasteiger partial charge in [0.25, 0.3) is 0 Å². The molecule has 1 unspecified atom stereocenters. The van der Waals surface area contributed by atoms with Gasteiger partial charge in [-0.25, -0.2) is 0 Å². The first-order chi connectivity index (χ1) is 6.77. The van der Waals surface area contributed by atoms with Gasteiger partial charge in [-0.1, -0.05) is 18.5 Å². The predicted molar refractivity (Wildman–Crippen MR) is 53.6 cm³/mol. The first kappa shape index (κ1) is 10.9. The molecular weight excluding hydrogens is 180 g/mol. The Kier molecular flexibility index (Phi) is 4.26. The van der Waals surface area contributed by atoms with Gasteiger partial charge in [0.1, 0.15) is 0 Å². The average molecular weight is 196 g/mol. The minimum absolute atomic E-state index is 0.248. The highest BCUT2D eigenvalue weighted by atomic mass is 16.2. The summed E-state index contributed by atoms with van der Waals surface area (Å²) in [6.45, 7) is 4.21. The number of azide groups is 1. The number of amides is 1. The Morgan fingerprint density at radius 1 is 1.71 bits per heavy atom. The van der Waals surface area contributed by atoms with Gasteiger partial charge in [-0.05, 0) is 17.9 Å². The molecule has 1 fully saturated rings. The molecule has 5 nitrogen and oxygen atoms in total. The van der Waals surface area contributed by atoms with Crippen molar-refractivity contribution in [3.05, 3.63) is 10.4 Å². The molecule has 5 heteroatoms. The third-order valence-electron chi connectivity index (χ3n) is 2.62. The van der Waals surface area contributed by atoms with Gasteiger partial charge in [-0.2, -0.15) is 0 Å². The van der Waals surface area contributed by atoms with Crippen LogP contribution < -0.4 is 0 Å². The van der Waals surface area contributed by atoms with Gasteiger partial charge in [0.2, 0.25) is 5.91 Å². The van der Waals surface area contributed by atoms with Crippen molar-refractivity contribution in [2.75, 3.05) is 19.6 Å². The van der Waals surface area contributed by atoms with Crippen LogP contribution in [0.3, 0.4) is 0 Å². The lowest BCUT2D eigenvalue weighted by atomic mass is 10.1. The molecule has 0 radical (unpaired) electrons. The van der Waals surface area contributed by atoms with Gasteiger partial charge >= 0.3 is 0 Å². The van der Waals surface area contributed by atoms with Crippen LogP contribution in [0, 0.1) is 5.92 Å². The second-order valence-corrected chi connectivity index (χ2v) is 3.63. The van der Waals surface area contributed by atoms with E-state index in [2.05, 4.69) is 16.9 Å². The van der Waals surface area contributed by atoms with Crippen molar-refractivity contribution < 1.29 is 4.79 Å². The Morgan fingerprint density at radius 3 is 3.07 bits per heavy atom. The van der Waals surface area contributed by atoms with E-state index in [1.54, 1.807) is 0 Å². The number of hydrogen-bond acceptors (Lipinski definition) is 2. The highest BCUT2D eigenvalue weighted by Crippen LogP contribution is 2.20. The van der Waals surface area contributed by atoms with Crippen LogP contribution in [0.2, 0.25) is 0 Å². The Bertz CT molecular complexity index is 247. The first-order valence-electron chi connectivity index (χ1n) is 5.06.